The fraction of sp³-hybridized carbons (Fsp3) is 0.316. The number of halogens is 4. The van der Waals surface area contributed by atoms with Gasteiger partial charge in [0.15, 0.2) is 0 Å². The summed E-state index contributed by atoms with van der Waals surface area (Å²) in [5.41, 5.74) is -0.921. The number of hydrogen-bond acceptors (Lipinski definition) is 4. The molecule has 2 aromatic heterocycles. The van der Waals surface area contributed by atoms with Gasteiger partial charge in [0.1, 0.15) is 5.69 Å². The molecule has 1 fully saturated rings. The minimum Gasteiger partial charge on any atom is -0.396 e. The molecule has 1 amide bonds. The van der Waals surface area contributed by atoms with Crippen LogP contribution in [-0.4, -0.2) is 32.4 Å². The minimum atomic E-state index is -4.70. The van der Waals surface area contributed by atoms with Gasteiger partial charge in [-0.15, -0.1) is 0 Å². The van der Waals surface area contributed by atoms with Crippen molar-refractivity contribution in [1.82, 2.24) is 14.8 Å². The molecule has 0 radical (unpaired) electrons. The van der Waals surface area contributed by atoms with E-state index in [9.17, 15) is 23.1 Å². The number of fused-ring (bicyclic) bond motifs is 1. The van der Waals surface area contributed by atoms with Crippen molar-refractivity contribution in [3.63, 3.8) is 0 Å². The van der Waals surface area contributed by atoms with E-state index < -0.39 is 23.3 Å². The highest BCUT2D eigenvalue weighted by Crippen LogP contribution is 2.40. The highest BCUT2D eigenvalue weighted by atomic mass is 35.5. The number of aromatic nitrogens is 3. The van der Waals surface area contributed by atoms with Gasteiger partial charge in [0, 0.05) is 18.2 Å². The Morgan fingerprint density at radius 2 is 2.10 bits per heavy atom. The first kappa shape index (κ1) is 19.7. The molecular formula is C19H16ClF3N4O2. The third-order valence-electron chi connectivity index (χ3n) is 5.08. The summed E-state index contributed by atoms with van der Waals surface area (Å²) in [6.45, 7) is 0.139. The van der Waals surface area contributed by atoms with Gasteiger partial charge in [-0.25, -0.2) is 0 Å². The van der Waals surface area contributed by atoms with E-state index in [1.54, 1.807) is 18.3 Å². The molecule has 0 atom stereocenters. The fourth-order valence-electron chi connectivity index (χ4n) is 3.50. The van der Waals surface area contributed by atoms with Crippen LogP contribution in [0.15, 0.2) is 36.7 Å². The lowest BCUT2D eigenvalue weighted by Crippen LogP contribution is -2.29. The van der Waals surface area contributed by atoms with E-state index in [-0.39, 0.29) is 29.3 Å². The molecule has 1 aliphatic carbocycles. The van der Waals surface area contributed by atoms with Gasteiger partial charge in [-0.05, 0) is 43.0 Å². The van der Waals surface area contributed by atoms with Gasteiger partial charge in [0.2, 0.25) is 0 Å². The van der Waals surface area contributed by atoms with E-state index >= 15 is 0 Å². The number of nitrogens with zero attached hydrogens (tertiary/aromatic N) is 3. The van der Waals surface area contributed by atoms with Crippen molar-refractivity contribution < 1.29 is 23.1 Å². The highest BCUT2D eigenvalue weighted by molar-refractivity contribution is 6.34. The third kappa shape index (κ3) is 3.67. The maximum atomic E-state index is 13.1. The van der Waals surface area contributed by atoms with E-state index in [0.29, 0.717) is 5.39 Å². The molecule has 1 aromatic carbocycles. The number of alkyl halides is 3. The summed E-state index contributed by atoms with van der Waals surface area (Å²) < 4.78 is 41.2. The quantitative estimate of drug-likeness (QED) is 0.654. The van der Waals surface area contributed by atoms with Crippen LogP contribution in [0.5, 0.6) is 0 Å². The molecule has 2 heterocycles. The van der Waals surface area contributed by atoms with Crippen LogP contribution in [0.25, 0.3) is 10.9 Å². The van der Waals surface area contributed by atoms with Crippen LogP contribution >= 0.6 is 11.6 Å². The Labute approximate surface area is 168 Å². The number of amides is 1. The molecule has 6 nitrogen and oxygen atoms in total. The smallest absolute Gasteiger partial charge is 0.396 e. The van der Waals surface area contributed by atoms with Crippen molar-refractivity contribution >= 4 is 34.1 Å². The second-order valence-electron chi connectivity index (χ2n) is 7.01. The molecule has 0 bridgehead atoms. The monoisotopic (exact) mass is 424 g/mol. The lowest BCUT2D eigenvalue weighted by molar-refractivity contribution is -0.138. The van der Waals surface area contributed by atoms with E-state index in [1.165, 1.54) is 0 Å². The summed E-state index contributed by atoms with van der Waals surface area (Å²) in [6.07, 6.45) is -0.357. The van der Waals surface area contributed by atoms with E-state index in [4.69, 9.17) is 11.6 Å². The van der Waals surface area contributed by atoms with Crippen molar-refractivity contribution in [2.45, 2.75) is 25.1 Å². The van der Waals surface area contributed by atoms with Gasteiger partial charge in [-0.2, -0.15) is 18.3 Å². The maximum absolute atomic E-state index is 13.1. The van der Waals surface area contributed by atoms with Crippen LogP contribution in [0.2, 0.25) is 5.02 Å². The highest BCUT2D eigenvalue weighted by Gasteiger charge is 2.36. The number of anilines is 1. The second-order valence-corrected chi connectivity index (χ2v) is 7.41. The molecule has 4 rings (SSSR count). The standard InChI is InChI=1S/C19H16ClF3N4O2/c20-14-7-16-11(8-25-27(16)12-4-10(5-12)9-28)6-15(14)26-18(29)17-13(19(21,22)23)2-1-3-24-17/h1-3,6-8,10,12,28H,4-5,9H2,(H,26,29). The van der Waals surface area contributed by atoms with Crippen molar-refractivity contribution in [2.24, 2.45) is 5.92 Å². The number of carbonyl (C=O) groups is 1. The minimum absolute atomic E-state index is 0.139. The molecule has 1 aliphatic rings. The molecule has 0 spiro atoms. The Hall–Kier alpha value is -2.65. The molecular weight excluding hydrogens is 409 g/mol. The molecule has 1 saturated carbocycles. The van der Waals surface area contributed by atoms with Gasteiger partial charge < -0.3 is 10.4 Å². The largest absolute Gasteiger partial charge is 0.418 e. The first-order valence-corrected chi connectivity index (χ1v) is 9.27. The fourth-order valence-corrected chi connectivity index (χ4v) is 3.71. The molecule has 0 saturated heterocycles. The van der Waals surface area contributed by atoms with Crippen LogP contribution < -0.4 is 5.32 Å². The molecule has 29 heavy (non-hydrogen) atoms. The predicted octanol–water partition coefficient (Wildman–Crippen LogP) is 4.30. The number of carbonyl (C=O) groups excluding carboxylic acids is 1. The van der Waals surface area contributed by atoms with Crippen LogP contribution in [0.3, 0.4) is 0 Å². The summed E-state index contributed by atoms with van der Waals surface area (Å²) in [5, 5.41) is 16.8. The van der Waals surface area contributed by atoms with Gasteiger partial charge >= 0.3 is 6.18 Å². The lowest BCUT2D eigenvalue weighted by atomic mass is 9.81. The van der Waals surface area contributed by atoms with E-state index in [2.05, 4.69) is 15.4 Å². The summed E-state index contributed by atoms with van der Waals surface area (Å²) in [5.74, 6) is -0.745. The van der Waals surface area contributed by atoms with Crippen LogP contribution in [0.4, 0.5) is 18.9 Å². The topological polar surface area (TPSA) is 80.0 Å². The average Bonchev–Trinajstić information content (AvgIpc) is 3.03. The van der Waals surface area contributed by atoms with Crippen LogP contribution in [0, 0.1) is 5.92 Å². The predicted molar refractivity (Wildman–Crippen MR) is 101 cm³/mol. The molecule has 2 N–H and O–H groups in total. The van der Waals surface area contributed by atoms with Crippen LogP contribution in [-0.2, 0) is 6.18 Å². The summed E-state index contributed by atoms with van der Waals surface area (Å²) in [4.78, 5) is 16.0. The molecule has 0 aliphatic heterocycles. The zero-order chi connectivity index (χ0) is 20.8. The number of hydrogen-bond donors (Lipinski definition) is 2. The number of pyridine rings is 1. The van der Waals surface area contributed by atoms with Crippen LogP contribution in [0.1, 0.15) is 34.9 Å². The molecule has 152 valence electrons. The van der Waals surface area contributed by atoms with E-state index in [1.807, 2.05) is 4.68 Å². The first-order chi connectivity index (χ1) is 13.8. The number of aliphatic hydroxyl groups is 1. The molecule has 0 unspecified atom stereocenters. The Bertz CT molecular complexity index is 1080. The Balaban J connectivity index is 1.61. The van der Waals surface area contributed by atoms with Gasteiger partial charge in [-0.1, -0.05) is 11.6 Å². The number of benzene rings is 1. The Kier molecular flexibility index (Phi) is 4.95. The normalized spacial score (nSPS) is 19.2. The van der Waals surface area contributed by atoms with Crippen molar-refractivity contribution in [1.29, 1.82) is 0 Å². The zero-order valence-corrected chi connectivity index (χ0v) is 15.7. The second kappa shape index (κ2) is 7.31. The van der Waals surface area contributed by atoms with Gasteiger partial charge in [0.05, 0.1) is 34.0 Å². The van der Waals surface area contributed by atoms with Gasteiger partial charge in [0.25, 0.3) is 5.91 Å². The molecule has 3 aromatic rings. The Morgan fingerprint density at radius 1 is 1.34 bits per heavy atom. The van der Waals surface area contributed by atoms with Crippen molar-refractivity contribution in [2.75, 3.05) is 11.9 Å². The Morgan fingerprint density at radius 3 is 2.79 bits per heavy atom. The number of nitrogens with one attached hydrogen (secondary N) is 1. The molecule has 10 heteroatoms. The summed E-state index contributed by atoms with van der Waals surface area (Å²) in [6, 6.07) is 5.26. The average molecular weight is 425 g/mol. The summed E-state index contributed by atoms with van der Waals surface area (Å²) in [7, 11) is 0. The van der Waals surface area contributed by atoms with Gasteiger partial charge in [-0.3, -0.25) is 14.5 Å². The maximum Gasteiger partial charge on any atom is 0.418 e. The zero-order valence-electron chi connectivity index (χ0n) is 14.9. The number of aliphatic hydroxyl groups excluding tert-OH is 1. The van der Waals surface area contributed by atoms with Crippen molar-refractivity contribution in [3.8, 4) is 0 Å². The van der Waals surface area contributed by atoms with Crippen molar-refractivity contribution in [3.05, 3.63) is 52.9 Å². The SMILES string of the molecule is O=C(Nc1cc2cnn(C3CC(CO)C3)c2cc1Cl)c1ncccc1C(F)(F)F. The summed E-state index contributed by atoms with van der Waals surface area (Å²) >= 11 is 6.28. The number of rotatable bonds is 4. The first-order valence-electron chi connectivity index (χ1n) is 8.89. The third-order valence-corrected chi connectivity index (χ3v) is 5.39. The lowest BCUT2D eigenvalue weighted by Gasteiger charge is -2.34. The van der Waals surface area contributed by atoms with E-state index in [0.717, 1.165) is 36.7 Å².